The van der Waals surface area contributed by atoms with Crippen molar-refractivity contribution in [2.75, 3.05) is 0 Å². The van der Waals surface area contributed by atoms with Gasteiger partial charge < -0.3 is 0 Å². The molecule has 0 atom stereocenters. The van der Waals surface area contributed by atoms with Crippen molar-refractivity contribution in [1.29, 1.82) is 0 Å². The van der Waals surface area contributed by atoms with Crippen molar-refractivity contribution < 1.29 is 0 Å². The molecule has 6 aromatic carbocycles. The van der Waals surface area contributed by atoms with E-state index in [2.05, 4.69) is 110 Å². The normalized spacial score (nSPS) is 11.6. The fourth-order valence-electron chi connectivity index (χ4n) is 4.85. The zero-order valence-electron chi connectivity index (χ0n) is 16.3. The first-order chi connectivity index (χ1) is 14.3. The molecule has 0 bridgehead atoms. The molecular weight excluding hydrogens is 348 g/mol. The van der Waals surface area contributed by atoms with E-state index < -0.39 is 0 Å². The summed E-state index contributed by atoms with van der Waals surface area (Å²) < 4.78 is 0. The third kappa shape index (κ3) is 2.39. The van der Waals surface area contributed by atoms with Gasteiger partial charge in [-0.2, -0.15) is 0 Å². The van der Waals surface area contributed by atoms with Gasteiger partial charge in [0.1, 0.15) is 0 Å². The summed E-state index contributed by atoms with van der Waals surface area (Å²) >= 11 is 0. The predicted molar refractivity (Wildman–Crippen MR) is 127 cm³/mol. The summed E-state index contributed by atoms with van der Waals surface area (Å²) in [7, 11) is 0. The summed E-state index contributed by atoms with van der Waals surface area (Å²) in [5, 5.41) is 10.5. The van der Waals surface area contributed by atoms with Crippen LogP contribution in [0, 0.1) is 6.92 Å². The summed E-state index contributed by atoms with van der Waals surface area (Å²) in [4.78, 5) is 0. The molecule has 0 fully saturated rings. The summed E-state index contributed by atoms with van der Waals surface area (Å²) in [6.07, 6.45) is 0. The van der Waals surface area contributed by atoms with Crippen LogP contribution < -0.4 is 0 Å². The highest BCUT2D eigenvalue weighted by atomic mass is 14.2. The van der Waals surface area contributed by atoms with Crippen LogP contribution in [-0.4, -0.2) is 0 Å². The van der Waals surface area contributed by atoms with Crippen molar-refractivity contribution in [2.24, 2.45) is 0 Å². The Labute approximate surface area is 170 Å². The van der Waals surface area contributed by atoms with Gasteiger partial charge in [0, 0.05) is 0 Å². The summed E-state index contributed by atoms with van der Waals surface area (Å²) in [5.74, 6) is 0. The number of fused-ring (bicyclic) bond motifs is 5. The second-order valence-electron chi connectivity index (χ2n) is 7.82. The lowest BCUT2D eigenvalue weighted by Crippen LogP contribution is -1.91. The highest BCUT2D eigenvalue weighted by Crippen LogP contribution is 2.42. The molecule has 0 spiro atoms. The Morgan fingerprint density at radius 3 is 1.90 bits per heavy atom. The van der Waals surface area contributed by atoms with Gasteiger partial charge in [0.2, 0.25) is 0 Å². The Hall–Kier alpha value is -3.64. The number of hydrogen-bond acceptors (Lipinski definition) is 0. The minimum absolute atomic E-state index is 1.28. The first kappa shape index (κ1) is 16.3. The van der Waals surface area contributed by atoms with Crippen LogP contribution in [0.5, 0.6) is 0 Å². The third-order valence-electron chi connectivity index (χ3n) is 6.21. The van der Waals surface area contributed by atoms with Crippen LogP contribution in [0.3, 0.4) is 0 Å². The van der Waals surface area contributed by atoms with Crippen molar-refractivity contribution in [3.8, 4) is 11.1 Å². The Balaban J connectivity index is 1.85. The maximum absolute atomic E-state index is 2.33. The molecule has 0 aliphatic rings. The van der Waals surface area contributed by atoms with E-state index in [1.807, 2.05) is 0 Å². The summed E-state index contributed by atoms with van der Waals surface area (Å²) in [6.45, 7) is 2.27. The molecule has 6 aromatic rings. The number of benzene rings is 6. The van der Waals surface area contributed by atoms with Crippen molar-refractivity contribution in [3.05, 3.63) is 109 Å². The van der Waals surface area contributed by atoms with Gasteiger partial charge in [0.05, 0.1) is 0 Å². The van der Waals surface area contributed by atoms with Crippen LogP contribution in [0.4, 0.5) is 0 Å². The molecule has 0 unspecified atom stereocenters. The molecule has 0 amide bonds. The number of hydrogen-bond donors (Lipinski definition) is 0. The zero-order valence-corrected chi connectivity index (χ0v) is 16.3. The molecule has 29 heavy (non-hydrogen) atoms. The van der Waals surface area contributed by atoms with E-state index in [9.17, 15) is 0 Å². The topological polar surface area (TPSA) is 0 Å². The van der Waals surface area contributed by atoms with Crippen LogP contribution in [0.25, 0.3) is 54.2 Å². The standard InChI is InChI=1S/C29H20/c1-19-24-11-6-7-13-26(24)29(23-15-14-20-8-2-3-10-22(20)18-23)27-17-16-21-9-4-5-12-25(21)28(19)27/h2-18H,1H3. The number of rotatable bonds is 1. The van der Waals surface area contributed by atoms with E-state index >= 15 is 0 Å². The van der Waals surface area contributed by atoms with E-state index in [1.165, 1.54) is 59.8 Å². The predicted octanol–water partition coefficient (Wildman–Crippen LogP) is 8.27. The lowest BCUT2D eigenvalue weighted by atomic mass is 9.86. The molecule has 0 saturated heterocycles. The Morgan fingerprint density at radius 1 is 0.448 bits per heavy atom. The van der Waals surface area contributed by atoms with Gasteiger partial charge in [-0.25, -0.2) is 0 Å². The van der Waals surface area contributed by atoms with Crippen molar-refractivity contribution >= 4 is 43.1 Å². The average molecular weight is 368 g/mol. The van der Waals surface area contributed by atoms with Crippen molar-refractivity contribution in [3.63, 3.8) is 0 Å². The monoisotopic (exact) mass is 368 g/mol. The van der Waals surface area contributed by atoms with Crippen LogP contribution in [0.2, 0.25) is 0 Å². The average Bonchev–Trinajstić information content (AvgIpc) is 2.79. The smallest absolute Gasteiger partial charge is 0.00262 e. The number of aryl methyl sites for hydroxylation is 1. The lowest BCUT2D eigenvalue weighted by Gasteiger charge is -2.17. The SMILES string of the molecule is Cc1c2ccccc2c(-c2ccc3ccccc3c2)c2ccc3ccccc3c12. The molecule has 0 aromatic heterocycles. The van der Waals surface area contributed by atoms with Crippen molar-refractivity contribution in [2.45, 2.75) is 6.92 Å². The van der Waals surface area contributed by atoms with Gasteiger partial charge in [-0.3, -0.25) is 0 Å². The molecule has 0 nitrogen and oxygen atoms in total. The minimum atomic E-state index is 1.28. The molecule has 0 heterocycles. The maximum Gasteiger partial charge on any atom is -0.00262 e. The molecule has 6 rings (SSSR count). The van der Waals surface area contributed by atoms with Crippen LogP contribution in [-0.2, 0) is 0 Å². The fourth-order valence-corrected chi connectivity index (χ4v) is 4.85. The van der Waals surface area contributed by atoms with Crippen LogP contribution in [0.15, 0.2) is 103 Å². The largest absolute Gasteiger partial charge is 0.0616 e. The molecule has 0 N–H and O–H groups in total. The Morgan fingerprint density at radius 2 is 1.07 bits per heavy atom. The van der Waals surface area contributed by atoms with Gasteiger partial charge in [-0.05, 0) is 72.8 Å². The van der Waals surface area contributed by atoms with E-state index in [0.29, 0.717) is 0 Å². The van der Waals surface area contributed by atoms with E-state index in [1.54, 1.807) is 0 Å². The molecule has 136 valence electrons. The molecule has 0 radical (unpaired) electrons. The summed E-state index contributed by atoms with van der Waals surface area (Å²) in [5.41, 5.74) is 3.97. The van der Waals surface area contributed by atoms with Gasteiger partial charge in [0.25, 0.3) is 0 Å². The molecule has 0 aliphatic heterocycles. The first-order valence-corrected chi connectivity index (χ1v) is 10.1. The quantitative estimate of drug-likeness (QED) is 0.202. The van der Waals surface area contributed by atoms with Crippen molar-refractivity contribution in [1.82, 2.24) is 0 Å². The molecule has 0 aliphatic carbocycles. The first-order valence-electron chi connectivity index (χ1n) is 10.1. The lowest BCUT2D eigenvalue weighted by molar-refractivity contribution is 1.59. The van der Waals surface area contributed by atoms with Gasteiger partial charge in [-0.1, -0.05) is 97.1 Å². The summed E-state index contributed by atoms with van der Waals surface area (Å²) in [6, 6.07) is 37.6. The Kier molecular flexibility index (Phi) is 3.48. The Bertz CT molecular complexity index is 1550. The molecule has 0 saturated carbocycles. The highest BCUT2D eigenvalue weighted by molar-refractivity contribution is 6.22. The van der Waals surface area contributed by atoms with E-state index in [-0.39, 0.29) is 0 Å². The van der Waals surface area contributed by atoms with Gasteiger partial charge in [-0.15, -0.1) is 0 Å². The van der Waals surface area contributed by atoms with Gasteiger partial charge >= 0.3 is 0 Å². The molecule has 0 heteroatoms. The fraction of sp³-hybridized carbons (Fsp3) is 0.0345. The van der Waals surface area contributed by atoms with E-state index in [0.717, 1.165) is 0 Å². The zero-order chi connectivity index (χ0) is 19.4. The van der Waals surface area contributed by atoms with Crippen LogP contribution in [0.1, 0.15) is 5.56 Å². The molecular formula is C29H20. The van der Waals surface area contributed by atoms with Gasteiger partial charge in [0.15, 0.2) is 0 Å². The van der Waals surface area contributed by atoms with Crippen LogP contribution >= 0.6 is 0 Å². The highest BCUT2D eigenvalue weighted by Gasteiger charge is 2.15. The van der Waals surface area contributed by atoms with E-state index in [4.69, 9.17) is 0 Å². The second kappa shape index (κ2) is 6.18. The second-order valence-corrected chi connectivity index (χ2v) is 7.82. The third-order valence-corrected chi connectivity index (χ3v) is 6.21. The minimum Gasteiger partial charge on any atom is -0.0616 e. The maximum atomic E-state index is 2.33.